The van der Waals surface area contributed by atoms with Crippen LogP contribution in [0.2, 0.25) is 0 Å². The number of methoxy groups -OCH3 is 1. The Morgan fingerprint density at radius 3 is 2.71 bits per heavy atom. The summed E-state index contributed by atoms with van der Waals surface area (Å²) in [5, 5.41) is 18.3. The maximum Gasteiger partial charge on any atom is 0.330 e. The third-order valence-electron chi connectivity index (χ3n) is 1.94. The number of phenolic OH excluding ortho intramolecular Hbond substituents is 2. The molecule has 0 aromatic heterocycles. The minimum absolute atomic E-state index is 0.195. The van der Waals surface area contributed by atoms with Crippen LogP contribution in [0.3, 0.4) is 0 Å². The molecule has 0 saturated heterocycles. The maximum atomic E-state index is 11.2. The molecule has 0 atom stereocenters. The van der Waals surface area contributed by atoms with Gasteiger partial charge in [-0.1, -0.05) is 6.07 Å². The van der Waals surface area contributed by atoms with Crippen molar-refractivity contribution in [2.75, 3.05) is 20.3 Å². The zero-order chi connectivity index (χ0) is 12.7. The third kappa shape index (κ3) is 4.56. The number of carbonyl (C=O) groups is 1. The molecule has 0 radical (unpaired) electrons. The smallest absolute Gasteiger partial charge is 0.330 e. The van der Waals surface area contributed by atoms with Crippen LogP contribution in [0.25, 0.3) is 6.08 Å². The molecule has 2 N–H and O–H groups in total. The molecule has 0 amide bonds. The van der Waals surface area contributed by atoms with Gasteiger partial charge in [0.15, 0.2) is 11.5 Å². The molecular weight excluding hydrogens is 224 g/mol. The Morgan fingerprint density at radius 1 is 1.29 bits per heavy atom. The van der Waals surface area contributed by atoms with Crippen LogP contribution in [0, 0.1) is 0 Å². The minimum Gasteiger partial charge on any atom is -0.504 e. The monoisotopic (exact) mass is 238 g/mol. The largest absolute Gasteiger partial charge is 0.504 e. The van der Waals surface area contributed by atoms with Gasteiger partial charge in [-0.05, 0) is 23.8 Å². The standard InChI is InChI=1S/C12H14O5/c1-16-6-7-17-12(15)5-3-9-2-4-10(13)11(14)8-9/h2-5,8,13-14H,6-7H2,1H3/b5-3+. The van der Waals surface area contributed by atoms with E-state index in [1.54, 1.807) is 6.07 Å². The summed E-state index contributed by atoms with van der Waals surface area (Å²) in [4.78, 5) is 11.2. The Bertz CT molecular complexity index is 411. The molecule has 1 aromatic rings. The summed E-state index contributed by atoms with van der Waals surface area (Å²) in [6.45, 7) is 0.542. The first-order valence-electron chi connectivity index (χ1n) is 4.99. The lowest BCUT2D eigenvalue weighted by Gasteiger charge is -2.00. The number of esters is 1. The molecule has 92 valence electrons. The van der Waals surface area contributed by atoms with E-state index in [2.05, 4.69) is 0 Å². The van der Waals surface area contributed by atoms with Crippen molar-refractivity contribution in [3.05, 3.63) is 29.8 Å². The molecule has 5 nitrogen and oxygen atoms in total. The first-order chi connectivity index (χ1) is 8.13. The van der Waals surface area contributed by atoms with E-state index in [0.717, 1.165) is 0 Å². The van der Waals surface area contributed by atoms with Gasteiger partial charge < -0.3 is 19.7 Å². The Balaban J connectivity index is 2.52. The quantitative estimate of drug-likeness (QED) is 0.350. The lowest BCUT2D eigenvalue weighted by Crippen LogP contribution is -2.06. The van der Waals surface area contributed by atoms with Crippen molar-refractivity contribution >= 4 is 12.0 Å². The summed E-state index contributed by atoms with van der Waals surface area (Å²) in [6, 6.07) is 4.24. The molecule has 0 spiro atoms. The van der Waals surface area contributed by atoms with Gasteiger partial charge in [-0.2, -0.15) is 0 Å². The summed E-state index contributed by atoms with van der Waals surface area (Å²) in [6.07, 6.45) is 2.72. The van der Waals surface area contributed by atoms with E-state index in [-0.39, 0.29) is 18.1 Å². The SMILES string of the molecule is COCCOC(=O)/C=C/c1ccc(O)c(O)c1. The van der Waals surface area contributed by atoms with E-state index in [1.165, 1.54) is 31.4 Å². The summed E-state index contributed by atoms with van der Waals surface area (Å²) in [5.74, 6) is -0.931. The van der Waals surface area contributed by atoms with E-state index < -0.39 is 5.97 Å². The third-order valence-corrected chi connectivity index (χ3v) is 1.94. The van der Waals surface area contributed by atoms with Crippen LogP contribution in [-0.2, 0) is 14.3 Å². The fraction of sp³-hybridized carbons (Fsp3) is 0.250. The highest BCUT2D eigenvalue weighted by Gasteiger charge is 1.99. The highest BCUT2D eigenvalue weighted by molar-refractivity contribution is 5.87. The fourth-order valence-electron chi connectivity index (χ4n) is 1.08. The topological polar surface area (TPSA) is 76.0 Å². The summed E-state index contributed by atoms with van der Waals surface area (Å²) in [7, 11) is 1.52. The summed E-state index contributed by atoms with van der Waals surface area (Å²) >= 11 is 0. The predicted molar refractivity (Wildman–Crippen MR) is 61.6 cm³/mol. The molecule has 0 bridgehead atoms. The first kappa shape index (κ1) is 13.1. The van der Waals surface area contributed by atoms with Crippen molar-refractivity contribution in [3.63, 3.8) is 0 Å². The van der Waals surface area contributed by atoms with Crippen molar-refractivity contribution in [1.29, 1.82) is 0 Å². The molecule has 0 aliphatic heterocycles. The van der Waals surface area contributed by atoms with Gasteiger partial charge in [0.25, 0.3) is 0 Å². The van der Waals surface area contributed by atoms with E-state index in [9.17, 15) is 9.90 Å². The molecule has 1 aromatic carbocycles. The zero-order valence-corrected chi connectivity index (χ0v) is 9.42. The second kappa shape index (κ2) is 6.55. The van der Waals surface area contributed by atoms with Gasteiger partial charge in [0, 0.05) is 13.2 Å². The molecule has 1 rings (SSSR count). The number of rotatable bonds is 5. The zero-order valence-electron chi connectivity index (χ0n) is 9.42. The first-order valence-corrected chi connectivity index (χ1v) is 4.99. The van der Waals surface area contributed by atoms with Crippen molar-refractivity contribution in [2.24, 2.45) is 0 Å². The van der Waals surface area contributed by atoms with E-state index in [4.69, 9.17) is 14.6 Å². The van der Waals surface area contributed by atoms with E-state index >= 15 is 0 Å². The van der Waals surface area contributed by atoms with Crippen LogP contribution in [0.5, 0.6) is 11.5 Å². The van der Waals surface area contributed by atoms with Gasteiger partial charge >= 0.3 is 5.97 Å². The molecule has 0 aliphatic rings. The molecule has 0 saturated carbocycles. The van der Waals surface area contributed by atoms with Crippen molar-refractivity contribution in [1.82, 2.24) is 0 Å². The summed E-state index contributed by atoms with van der Waals surface area (Å²) < 4.78 is 9.52. The van der Waals surface area contributed by atoms with Crippen LogP contribution in [-0.4, -0.2) is 36.5 Å². The van der Waals surface area contributed by atoms with E-state index in [1.807, 2.05) is 0 Å². The summed E-state index contributed by atoms with van der Waals surface area (Å²) in [5.41, 5.74) is 0.587. The van der Waals surface area contributed by atoms with Gasteiger partial charge in [-0.3, -0.25) is 0 Å². The van der Waals surface area contributed by atoms with Crippen LogP contribution in [0.4, 0.5) is 0 Å². The molecule has 17 heavy (non-hydrogen) atoms. The van der Waals surface area contributed by atoms with Crippen molar-refractivity contribution in [2.45, 2.75) is 0 Å². The maximum absolute atomic E-state index is 11.2. The lowest BCUT2D eigenvalue weighted by molar-refractivity contribution is -0.138. The number of benzene rings is 1. The highest BCUT2D eigenvalue weighted by Crippen LogP contribution is 2.25. The fourth-order valence-corrected chi connectivity index (χ4v) is 1.08. The van der Waals surface area contributed by atoms with Gasteiger partial charge in [0.05, 0.1) is 6.61 Å². The molecule has 0 aliphatic carbocycles. The molecule has 0 unspecified atom stereocenters. The second-order valence-corrected chi connectivity index (χ2v) is 3.24. The Labute approximate surface area is 98.9 Å². The molecule has 0 fully saturated rings. The molecular formula is C12H14O5. The van der Waals surface area contributed by atoms with Crippen LogP contribution >= 0.6 is 0 Å². The Morgan fingerprint density at radius 2 is 2.06 bits per heavy atom. The number of phenols is 2. The van der Waals surface area contributed by atoms with Crippen molar-refractivity contribution < 1.29 is 24.5 Å². The number of ether oxygens (including phenoxy) is 2. The normalized spacial score (nSPS) is 10.6. The predicted octanol–water partition coefficient (Wildman–Crippen LogP) is 1.30. The average molecular weight is 238 g/mol. The minimum atomic E-state index is -0.491. The van der Waals surface area contributed by atoms with Crippen LogP contribution in [0.15, 0.2) is 24.3 Å². The van der Waals surface area contributed by atoms with Crippen LogP contribution < -0.4 is 0 Å². The number of hydrogen-bond acceptors (Lipinski definition) is 5. The number of hydrogen-bond donors (Lipinski definition) is 2. The highest BCUT2D eigenvalue weighted by atomic mass is 16.6. The second-order valence-electron chi connectivity index (χ2n) is 3.24. The van der Waals surface area contributed by atoms with E-state index in [0.29, 0.717) is 12.2 Å². The van der Waals surface area contributed by atoms with Gasteiger partial charge in [0.1, 0.15) is 6.61 Å². The Hall–Kier alpha value is -2.01. The number of aromatic hydroxyl groups is 2. The molecule has 5 heteroatoms. The van der Waals surface area contributed by atoms with Gasteiger partial charge in [-0.25, -0.2) is 4.79 Å². The average Bonchev–Trinajstić information content (AvgIpc) is 2.31. The van der Waals surface area contributed by atoms with Crippen molar-refractivity contribution in [3.8, 4) is 11.5 Å². The lowest BCUT2D eigenvalue weighted by atomic mass is 10.2. The van der Waals surface area contributed by atoms with Crippen LogP contribution in [0.1, 0.15) is 5.56 Å². The number of carbonyl (C=O) groups excluding carboxylic acids is 1. The van der Waals surface area contributed by atoms with Gasteiger partial charge in [-0.15, -0.1) is 0 Å². The Kier molecular flexibility index (Phi) is 5.03. The molecule has 0 heterocycles. The van der Waals surface area contributed by atoms with Gasteiger partial charge in [0.2, 0.25) is 0 Å².